The maximum Gasteiger partial charge on any atom is 0.258 e. The van der Waals surface area contributed by atoms with Crippen LogP contribution < -0.4 is 10.5 Å². The van der Waals surface area contributed by atoms with Crippen LogP contribution in [0.15, 0.2) is 12.7 Å². The van der Waals surface area contributed by atoms with Gasteiger partial charge in [0.15, 0.2) is 0 Å². The highest BCUT2D eigenvalue weighted by Gasteiger charge is 2.08. The van der Waals surface area contributed by atoms with E-state index in [0.717, 1.165) is 0 Å². The summed E-state index contributed by atoms with van der Waals surface area (Å²) in [5.41, 5.74) is 0. The van der Waals surface area contributed by atoms with Crippen LogP contribution in [-0.4, -0.2) is 50.4 Å². The van der Waals surface area contributed by atoms with Gasteiger partial charge in [-0.3, -0.25) is 0 Å². The molecule has 0 radical (unpaired) electrons. The first kappa shape index (κ1) is 13.6. The fourth-order valence-corrected chi connectivity index (χ4v) is 1.68. The molecular formula is C7H9ClN8O2S. The van der Waals surface area contributed by atoms with Gasteiger partial charge in [-0.1, -0.05) is 0 Å². The first-order valence-corrected chi connectivity index (χ1v) is 7.04. The number of anilines is 1. The molecule has 0 aliphatic carbocycles. The number of primary sulfonamides is 1. The Hall–Kier alpha value is -1.85. The third kappa shape index (κ3) is 4.08. The van der Waals surface area contributed by atoms with Crippen molar-refractivity contribution in [2.24, 2.45) is 5.14 Å². The van der Waals surface area contributed by atoms with Gasteiger partial charge in [0.2, 0.25) is 21.3 Å². The Labute approximate surface area is 113 Å². The molecule has 12 heteroatoms. The van der Waals surface area contributed by atoms with Crippen molar-refractivity contribution in [1.82, 2.24) is 29.7 Å². The zero-order chi connectivity index (χ0) is 13.9. The average Bonchev–Trinajstić information content (AvgIpc) is 2.79. The van der Waals surface area contributed by atoms with E-state index in [1.165, 1.54) is 17.3 Å². The predicted octanol–water partition coefficient (Wildman–Crippen LogP) is -1.19. The van der Waals surface area contributed by atoms with Crippen LogP contribution in [0.2, 0.25) is 5.28 Å². The molecule has 3 N–H and O–H groups in total. The molecule has 0 aromatic carbocycles. The first-order valence-electron chi connectivity index (χ1n) is 4.95. The van der Waals surface area contributed by atoms with Crippen molar-refractivity contribution in [3.05, 3.63) is 17.9 Å². The second-order valence-corrected chi connectivity index (χ2v) is 5.43. The molecule has 0 amide bonds. The monoisotopic (exact) mass is 304 g/mol. The van der Waals surface area contributed by atoms with Crippen LogP contribution in [0.3, 0.4) is 0 Å². The molecule has 0 aliphatic rings. The van der Waals surface area contributed by atoms with E-state index in [0.29, 0.717) is 0 Å². The number of hydrogen-bond donors (Lipinski definition) is 2. The van der Waals surface area contributed by atoms with Crippen LogP contribution in [0.1, 0.15) is 0 Å². The van der Waals surface area contributed by atoms with Gasteiger partial charge in [-0.15, -0.1) is 0 Å². The predicted molar refractivity (Wildman–Crippen MR) is 66.2 cm³/mol. The number of nitrogens with zero attached hydrogens (tertiary/aromatic N) is 6. The van der Waals surface area contributed by atoms with Crippen LogP contribution in [0.5, 0.6) is 0 Å². The quantitative estimate of drug-likeness (QED) is 0.702. The number of sulfonamides is 1. The highest BCUT2D eigenvalue weighted by atomic mass is 35.5. The van der Waals surface area contributed by atoms with Crippen LogP contribution in [0.25, 0.3) is 5.95 Å². The van der Waals surface area contributed by atoms with Gasteiger partial charge in [0.25, 0.3) is 5.95 Å². The molecule has 19 heavy (non-hydrogen) atoms. The minimum atomic E-state index is -3.55. The van der Waals surface area contributed by atoms with E-state index in [1.54, 1.807) is 0 Å². The topological polar surface area (TPSA) is 142 Å². The number of nitrogens with two attached hydrogens (primary N) is 1. The Balaban J connectivity index is 2.14. The maximum absolute atomic E-state index is 10.8. The molecule has 0 bridgehead atoms. The van der Waals surface area contributed by atoms with Gasteiger partial charge in [0.1, 0.15) is 12.7 Å². The lowest BCUT2D eigenvalue weighted by molar-refractivity contribution is 0.598. The molecule has 2 heterocycles. The second-order valence-electron chi connectivity index (χ2n) is 3.36. The molecule has 0 atom stereocenters. The standard InChI is InChI=1S/C7H9ClN8O2S/c8-5-13-6(11-1-2-19(9,17)18)15-7(14-5)16-4-10-3-12-16/h3-4H,1-2H2,(H2,9,17,18)(H,11,13,14,15). The fraction of sp³-hybridized carbons (Fsp3) is 0.286. The third-order valence-electron chi connectivity index (χ3n) is 1.89. The summed E-state index contributed by atoms with van der Waals surface area (Å²) in [5.74, 6) is 0.0272. The molecule has 0 saturated heterocycles. The molecular weight excluding hydrogens is 296 g/mol. The van der Waals surface area contributed by atoms with Crippen molar-refractivity contribution >= 4 is 27.6 Å². The highest BCUT2D eigenvalue weighted by Crippen LogP contribution is 2.08. The largest absolute Gasteiger partial charge is 0.353 e. The zero-order valence-corrected chi connectivity index (χ0v) is 11.0. The summed E-state index contributed by atoms with van der Waals surface area (Å²) in [5, 5.41) is 11.3. The summed E-state index contributed by atoms with van der Waals surface area (Å²) in [6, 6.07) is 0. The van der Waals surface area contributed by atoms with Crippen LogP contribution in [0, 0.1) is 0 Å². The lowest BCUT2D eigenvalue weighted by Gasteiger charge is -2.05. The van der Waals surface area contributed by atoms with Gasteiger partial charge in [-0.05, 0) is 11.6 Å². The maximum atomic E-state index is 10.8. The van der Waals surface area contributed by atoms with Crippen molar-refractivity contribution in [1.29, 1.82) is 0 Å². The Morgan fingerprint density at radius 3 is 2.79 bits per heavy atom. The van der Waals surface area contributed by atoms with Crippen molar-refractivity contribution < 1.29 is 8.42 Å². The molecule has 0 spiro atoms. The van der Waals surface area contributed by atoms with E-state index in [-0.39, 0.29) is 29.5 Å². The first-order chi connectivity index (χ1) is 8.94. The Bertz CT molecular complexity index is 658. The minimum absolute atomic E-state index is 0.0516. The SMILES string of the molecule is NS(=O)(=O)CCNc1nc(Cl)nc(-n2cncn2)n1. The van der Waals surface area contributed by atoms with Crippen LogP contribution in [-0.2, 0) is 10.0 Å². The van der Waals surface area contributed by atoms with Crippen LogP contribution in [0.4, 0.5) is 5.95 Å². The highest BCUT2D eigenvalue weighted by molar-refractivity contribution is 7.89. The van der Waals surface area contributed by atoms with E-state index in [4.69, 9.17) is 16.7 Å². The van der Waals surface area contributed by atoms with Gasteiger partial charge in [-0.2, -0.15) is 24.7 Å². The summed E-state index contributed by atoms with van der Waals surface area (Å²) in [4.78, 5) is 15.4. The summed E-state index contributed by atoms with van der Waals surface area (Å²) in [7, 11) is -3.55. The summed E-state index contributed by atoms with van der Waals surface area (Å²) in [6.07, 6.45) is 2.70. The number of rotatable bonds is 5. The van der Waals surface area contributed by atoms with E-state index in [1.807, 2.05) is 0 Å². The summed E-state index contributed by atoms with van der Waals surface area (Å²) < 4.78 is 22.8. The Morgan fingerprint density at radius 1 is 1.37 bits per heavy atom. The van der Waals surface area contributed by atoms with Crippen molar-refractivity contribution in [2.75, 3.05) is 17.6 Å². The molecule has 0 unspecified atom stereocenters. The smallest absolute Gasteiger partial charge is 0.258 e. The van der Waals surface area contributed by atoms with E-state index in [2.05, 4.69) is 30.4 Å². The van der Waals surface area contributed by atoms with Gasteiger partial charge < -0.3 is 5.32 Å². The Morgan fingerprint density at radius 2 is 2.16 bits per heavy atom. The normalized spacial score (nSPS) is 11.5. The van der Waals surface area contributed by atoms with Gasteiger partial charge >= 0.3 is 0 Å². The molecule has 0 fully saturated rings. The van der Waals surface area contributed by atoms with E-state index < -0.39 is 10.0 Å². The molecule has 10 nitrogen and oxygen atoms in total. The third-order valence-corrected chi connectivity index (χ3v) is 2.83. The number of hydrogen-bond acceptors (Lipinski definition) is 8. The molecule has 2 aromatic rings. The van der Waals surface area contributed by atoms with Gasteiger partial charge in [-0.25, -0.2) is 18.5 Å². The summed E-state index contributed by atoms with van der Waals surface area (Å²) >= 11 is 5.73. The zero-order valence-electron chi connectivity index (χ0n) is 9.43. The van der Waals surface area contributed by atoms with E-state index >= 15 is 0 Å². The van der Waals surface area contributed by atoms with Crippen molar-refractivity contribution in [3.63, 3.8) is 0 Å². The fourth-order valence-electron chi connectivity index (χ4n) is 1.14. The van der Waals surface area contributed by atoms with Crippen molar-refractivity contribution in [2.45, 2.75) is 0 Å². The Kier molecular flexibility index (Phi) is 3.87. The molecule has 102 valence electrons. The number of halogens is 1. The minimum Gasteiger partial charge on any atom is -0.353 e. The molecule has 0 saturated carbocycles. The lowest BCUT2D eigenvalue weighted by atomic mass is 10.7. The molecule has 2 rings (SSSR count). The number of aromatic nitrogens is 6. The number of nitrogens with one attached hydrogen (secondary N) is 1. The second kappa shape index (κ2) is 5.42. The van der Waals surface area contributed by atoms with E-state index in [9.17, 15) is 8.42 Å². The van der Waals surface area contributed by atoms with Crippen LogP contribution >= 0.6 is 11.6 Å². The lowest BCUT2D eigenvalue weighted by Crippen LogP contribution is -2.23. The van der Waals surface area contributed by atoms with Gasteiger partial charge in [0.05, 0.1) is 5.75 Å². The molecule has 2 aromatic heterocycles. The van der Waals surface area contributed by atoms with Gasteiger partial charge in [0, 0.05) is 6.54 Å². The summed E-state index contributed by atoms with van der Waals surface area (Å²) in [6.45, 7) is 0.0516. The average molecular weight is 305 g/mol. The van der Waals surface area contributed by atoms with Crippen molar-refractivity contribution in [3.8, 4) is 5.95 Å². The molecule has 0 aliphatic heterocycles.